The first-order valence-electron chi connectivity index (χ1n) is 5.91. The first-order chi connectivity index (χ1) is 8.65. The summed E-state index contributed by atoms with van der Waals surface area (Å²) in [5.74, 6) is 0.919. The van der Waals surface area contributed by atoms with E-state index in [1.807, 2.05) is 13.1 Å². The number of methoxy groups -OCH3 is 1. The molecule has 0 bridgehead atoms. The predicted molar refractivity (Wildman–Crippen MR) is 76.3 cm³/mol. The third-order valence-electron chi connectivity index (χ3n) is 2.87. The van der Waals surface area contributed by atoms with E-state index >= 15 is 0 Å². The summed E-state index contributed by atoms with van der Waals surface area (Å²) in [5, 5.41) is 4.24. The summed E-state index contributed by atoms with van der Waals surface area (Å²) >= 11 is 1.74. The van der Waals surface area contributed by atoms with Gasteiger partial charge in [0.15, 0.2) is 0 Å². The quantitative estimate of drug-likeness (QED) is 0.919. The molecule has 2 aromatic rings. The van der Waals surface area contributed by atoms with Gasteiger partial charge in [0.1, 0.15) is 10.8 Å². The monoisotopic (exact) mass is 262 g/mol. The summed E-state index contributed by atoms with van der Waals surface area (Å²) in [6.07, 6.45) is 0. The Morgan fingerprint density at radius 3 is 2.72 bits per heavy atom. The summed E-state index contributed by atoms with van der Waals surface area (Å²) in [7, 11) is 3.65. The Kier molecular flexibility index (Phi) is 3.99. The summed E-state index contributed by atoms with van der Waals surface area (Å²) in [5.41, 5.74) is 3.40. The molecular formula is C14H18N2OS. The van der Waals surface area contributed by atoms with E-state index in [-0.39, 0.29) is 0 Å². The SMILES string of the molecule is CNCc1sc(-c2ccc(OC)c(C)c2)nc1C. The van der Waals surface area contributed by atoms with Crippen molar-refractivity contribution in [3.63, 3.8) is 0 Å². The second-order valence-corrected chi connectivity index (χ2v) is 5.33. The number of hydrogen-bond acceptors (Lipinski definition) is 4. The zero-order valence-electron chi connectivity index (χ0n) is 11.2. The second-order valence-electron chi connectivity index (χ2n) is 4.24. The fraction of sp³-hybridized carbons (Fsp3) is 0.357. The number of nitrogens with one attached hydrogen (secondary N) is 1. The minimum atomic E-state index is 0.874. The van der Waals surface area contributed by atoms with E-state index in [2.05, 4.69) is 36.3 Å². The molecule has 18 heavy (non-hydrogen) atoms. The number of hydrogen-bond donors (Lipinski definition) is 1. The maximum atomic E-state index is 5.28. The highest BCUT2D eigenvalue weighted by Gasteiger charge is 2.10. The van der Waals surface area contributed by atoms with Crippen molar-refractivity contribution in [2.45, 2.75) is 20.4 Å². The van der Waals surface area contributed by atoms with Crippen molar-refractivity contribution < 1.29 is 4.74 Å². The van der Waals surface area contributed by atoms with Crippen LogP contribution in [-0.4, -0.2) is 19.1 Å². The van der Waals surface area contributed by atoms with Gasteiger partial charge in [0.05, 0.1) is 12.8 Å². The lowest BCUT2D eigenvalue weighted by Crippen LogP contribution is -2.04. The molecule has 0 aliphatic carbocycles. The van der Waals surface area contributed by atoms with Crippen LogP contribution < -0.4 is 10.1 Å². The average molecular weight is 262 g/mol. The van der Waals surface area contributed by atoms with Crippen LogP contribution >= 0.6 is 11.3 Å². The number of aromatic nitrogens is 1. The Bertz CT molecular complexity index is 549. The van der Waals surface area contributed by atoms with Crippen molar-refractivity contribution in [1.82, 2.24) is 10.3 Å². The van der Waals surface area contributed by atoms with Gasteiger partial charge in [-0.3, -0.25) is 0 Å². The van der Waals surface area contributed by atoms with Gasteiger partial charge < -0.3 is 10.1 Å². The zero-order valence-corrected chi connectivity index (χ0v) is 12.0. The van der Waals surface area contributed by atoms with Crippen LogP contribution in [0.25, 0.3) is 10.6 Å². The van der Waals surface area contributed by atoms with Gasteiger partial charge in [0.2, 0.25) is 0 Å². The summed E-state index contributed by atoms with van der Waals surface area (Å²) in [6.45, 7) is 4.99. The van der Waals surface area contributed by atoms with E-state index in [0.717, 1.165) is 34.1 Å². The standard InChI is InChI=1S/C14H18N2OS/c1-9-7-11(5-6-12(9)17-4)14-16-10(2)13(18-14)8-15-3/h5-7,15H,8H2,1-4H3. The Hall–Kier alpha value is -1.39. The first kappa shape index (κ1) is 13.1. The van der Waals surface area contributed by atoms with Gasteiger partial charge in [-0.2, -0.15) is 0 Å². The Balaban J connectivity index is 2.36. The summed E-state index contributed by atoms with van der Waals surface area (Å²) in [6, 6.07) is 6.19. The van der Waals surface area contributed by atoms with E-state index in [4.69, 9.17) is 4.74 Å². The molecular weight excluding hydrogens is 244 g/mol. The highest BCUT2D eigenvalue weighted by atomic mass is 32.1. The van der Waals surface area contributed by atoms with Gasteiger partial charge in [0.25, 0.3) is 0 Å². The molecule has 1 N–H and O–H groups in total. The fourth-order valence-electron chi connectivity index (χ4n) is 1.89. The number of aryl methyl sites for hydroxylation is 2. The van der Waals surface area contributed by atoms with Gasteiger partial charge >= 0.3 is 0 Å². The molecule has 0 radical (unpaired) electrons. The summed E-state index contributed by atoms with van der Waals surface area (Å²) in [4.78, 5) is 5.93. The van der Waals surface area contributed by atoms with Crippen molar-refractivity contribution in [3.05, 3.63) is 34.3 Å². The molecule has 0 saturated carbocycles. The molecule has 4 heteroatoms. The zero-order chi connectivity index (χ0) is 13.1. The van der Waals surface area contributed by atoms with Gasteiger partial charge in [-0.25, -0.2) is 4.98 Å². The molecule has 1 aromatic heterocycles. The Labute approximate surface area is 112 Å². The van der Waals surface area contributed by atoms with Crippen molar-refractivity contribution in [1.29, 1.82) is 0 Å². The van der Waals surface area contributed by atoms with Crippen LogP contribution in [-0.2, 0) is 6.54 Å². The number of thiazole rings is 1. The molecule has 0 aliphatic heterocycles. The van der Waals surface area contributed by atoms with E-state index in [9.17, 15) is 0 Å². The first-order valence-corrected chi connectivity index (χ1v) is 6.73. The maximum absolute atomic E-state index is 5.28. The van der Waals surface area contributed by atoms with Crippen LogP contribution in [0.3, 0.4) is 0 Å². The van der Waals surface area contributed by atoms with Crippen LogP contribution in [0.1, 0.15) is 16.1 Å². The molecule has 3 nitrogen and oxygen atoms in total. The van der Waals surface area contributed by atoms with Gasteiger partial charge in [0, 0.05) is 17.0 Å². The lowest BCUT2D eigenvalue weighted by molar-refractivity contribution is 0.412. The lowest BCUT2D eigenvalue weighted by Gasteiger charge is -2.05. The van der Waals surface area contributed by atoms with Crippen LogP contribution in [0.4, 0.5) is 0 Å². The van der Waals surface area contributed by atoms with Crippen molar-refractivity contribution in [3.8, 4) is 16.3 Å². The minimum absolute atomic E-state index is 0.874. The fourth-order valence-corrected chi connectivity index (χ4v) is 2.96. The molecule has 0 aliphatic rings. The molecule has 0 atom stereocenters. The van der Waals surface area contributed by atoms with Gasteiger partial charge in [-0.1, -0.05) is 0 Å². The minimum Gasteiger partial charge on any atom is -0.496 e. The second kappa shape index (κ2) is 5.50. The summed E-state index contributed by atoms with van der Waals surface area (Å²) < 4.78 is 5.28. The Morgan fingerprint density at radius 1 is 1.33 bits per heavy atom. The van der Waals surface area contributed by atoms with Gasteiger partial charge in [-0.15, -0.1) is 11.3 Å². The molecule has 0 unspecified atom stereocenters. The molecule has 1 aromatic carbocycles. The van der Waals surface area contributed by atoms with Crippen molar-refractivity contribution in [2.75, 3.05) is 14.2 Å². The maximum Gasteiger partial charge on any atom is 0.123 e. The molecule has 96 valence electrons. The third-order valence-corrected chi connectivity index (χ3v) is 4.08. The highest BCUT2D eigenvalue weighted by Crippen LogP contribution is 2.30. The highest BCUT2D eigenvalue weighted by molar-refractivity contribution is 7.15. The van der Waals surface area contributed by atoms with Crippen molar-refractivity contribution in [2.24, 2.45) is 0 Å². The lowest BCUT2D eigenvalue weighted by atomic mass is 10.1. The van der Waals surface area contributed by atoms with Crippen molar-refractivity contribution >= 4 is 11.3 Å². The van der Waals surface area contributed by atoms with E-state index in [1.165, 1.54) is 4.88 Å². The average Bonchev–Trinajstić information content (AvgIpc) is 2.71. The number of ether oxygens (including phenoxy) is 1. The van der Waals surface area contributed by atoms with Crippen LogP contribution in [0, 0.1) is 13.8 Å². The van der Waals surface area contributed by atoms with Crippen LogP contribution in [0.15, 0.2) is 18.2 Å². The van der Waals surface area contributed by atoms with Crippen LogP contribution in [0.2, 0.25) is 0 Å². The largest absolute Gasteiger partial charge is 0.496 e. The molecule has 0 saturated heterocycles. The molecule has 0 fully saturated rings. The van der Waals surface area contributed by atoms with Crippen LogP contribution in [0.5, 0.6) is 5.75 Å². The van der Waals surface area contributed by atoms with E-state index in [1.54, 1.807) is 18.4 Å². The number of benzene rings is 1. The molecule has 0 amide bonds. The molecule has 2 rings (SSSR count). The molecule has 1 heterocycles. The normalized spacial score (nSPS) is 10.7. The van der Waals surface area contributed by atoms with E-state index in [0.29, 0.717) is 0 Å². The predicted octanol–water partition coefficient (Wildman–Crippen LogP) is 3.15. The third kappa shape index (κ3) is 2.54. The van der Waals surface area contributed by atoms with Gasteiger partial charge in [-0.05, 0) is 44.7 Å². The molecule has 0 spiro atoms. The Morgan fingerprint density at radius 2 is 2.11 bits per heavy atom. The topological polar surface area (TPSA) is 34.1 Å². The number of nitrogens with zero attached hydrogens (tertiary/aromatic N) is 1. The number of rotatable bonds is 4. The smallest absolute Gasteiger partial charge is 0.123 e. The van der Waals surface area contributed by atoms with E-state index < -0.39 is 0 Å².